The number of methoxy groups -OCH3 is 1. The summed E-state index contributed by atoms with van der Waals surface area (Å²) < 4.78 is 11.5. The zero-order valence-corrected chi connectivity index (χ0v) is 15.0. The summed E-state index contributed by atoms with van der Waals surface area (Å²) in [5, 5.41) is 6.65. The molecular weight excluding hydrogens is 332 g/mol. The summed E-state index contributed by atoms with van der Waals surface area (Å²) in [6.45, 7) is 3.56. The van der Waals surface area contributed by atoms with Crippen LogP contribution in [0.3, 0.4) is 0 Å². The molecule has 2 aliphatic rings. The lowest BCUT2D eigenvalue weighted by molar-refractivity contribution is -0.105. The van der Waals surface area contributed by atoms with Gasteiger partial charge in [0.1, 0.15) is 17.0 Å². The maximum atomic E-state index is 12.7. The summed E-state index contributed by atoms with van der Waals surface area (Å²) in [6.07, 6.45) is 3.61. The van der Waals surface area contributed by atoms with Crippen LogP contribution in [0.15, 0.2) is 36.5 Å². The Bertz CT molecular complexity index is 743. The number of H-pyrrole nitrogens is 1. The smallest absolute Gasteiger partial charge is 0.272 e. The van der Waals surface area contributed by atoms with Crippen molar-refractivity contribution < 1.29 is 14.3 Å². The molecule has 1 aromatic heterocycles. The van der Waals surface area contributed by atoms with Crippen molar-refractivity contribution in [1.29, 1.82) is 0 Å². The van der Waals surface area contributed by atoms with Gasteiger partial charge in [-0.15, -0.1) is 0 Å². The topological polar surface area (TPSA) is 70.7 Å². The molecule has 7 heteroatoms. The maximum absolute atomic E-state index is 12.7. The summed E-state index contributed by atoms with van der Waals surface area (Å²) in [6, 6.07) is 9.83. The van der Waals surface area contributed by atoms with Crippen molar-refractivity contribution in [3.8, 4) is 5.75 Å². The second kappa shape index (κ2) is 6.99. The van der Waals surface area contributed by atoms with E-state index in [-0.39, 0.29) is 11.5 Å². The first-order valence-electron chi connectivity index (χ1n) is 9.01. The minimum atomic E-state index is -0.313. The number of morpholine rings is 1. The molecule has 0 unspecified atom stereocenters. The molecule has 2 saturated heterocycles. The zero-order chi connectivity index (χ0) is 18.0. The second-order valence-electron chi connectivity index (χ2n) is 6.95. The van der Waals surface area contributed by atoms with Crippen LogP contribution in [-0.4, -0.2) is 66.5 Å². The molecular formula is C19H24N4O3. The minimum Gasteiger partial charge on any atom is -0.497 e. The van der Waals surface area contributed by atoms with Crippen LogP contribution in [0.4, 0.5) is 5.69 Å². The summed E-state index contributed by atoms with van der Waals surface area (Å²) in [7, 11) is 1.67. The van der Waals surface area contributed by atoms with Gasteiger partial charge in [0, 0.05) is 31.5 Å². The van der Waals surface area contributed by atoms with Crippen LogP contribution >= 0.6 is 0 Å². The number of carbonyl (C=O) groups excluding carboxylic acids is 1. The number of nitrogens with zero attached hydrogens (tertiary/aromatic N) is 3. The first kappa shape index (κ1) is 16.9. The Labute approximate surface area is 152 Å². The Kier molecular flexibility index (Phi) is 4.55. The van der Waals surface area contributed by atoms with Crippen LogP contribution in [0.1, 0.15) is 23.3 Å². The Hall–Kier alpha value is -2.54. The van der Waals surface area contributed by atoms with Gasteiger partial charge in [0.15, 0.2) is 0 Å². The maximum Gasteiger partial charge on any atom is 0.272 e. The van der Waals surface area contributed by atoms with Crippen LogP contribution in [0.2, 0.25) is 0 Å². The van der Waals surface area contributed by atoms with Gasteiger partial charge in [0.25, 0.3) is 5.91 Å². The summed E-state index contributed by atoms with van der Waals surface area (Å²) in [5.74, 6) is 0.845. The predicted octanol–water partition coefficient (Wildman–Crippen LogP) is 1.93. The van der Waals surface area contributed by atoms with Gasteiger partial charge in [-0.25, -0.2) is 0 Å². The molecule has 4 rings (SSSR count). The first-order chi connectivity index (χ1) is 12.7. The van der Waals surface area contributed by atoms with Crippen molar-refractivity contribution in [2.75, 3.05) is 44.8 Å². The Morgan fingerprint density at radius 2 is 2.08 bits per heavy atom. The second-order valence-corrected chi connectivity index (χ2v) is 6.95. The SMILES string of the molecule is COc1ccc(N2CCC[C@@]3(CN(C(=O)c4ccn[nH]4)CCO3)C2)cc1. The molecule has 1 aromatic carbocycles. The molecule has 3 heterocycles. The van der Waals surface area contributed by atoms with E-state index in [1.807, 2.05) is 17.0 Å². The average molecular weight is 356 g/mol. The number of benzene rings is 1. The van der Waals surface area contributed by atoms with Gasteiger partial charge in [-0.2, -0.15) is 5.10 Å². The van der Waals surface area contributed by atoms with Crippen molar-refractivity contribution in [3.05, 3.63) is 42.2 Å². The van der Waals surface area contributed by atoms with E-state index in [9.17, 15) is 4.79 Å². The van der Waals surface area contributed by atoms with Gasteiger partial charge < -0.3 is 19.3 Å². The molecule has 2 fully saturated rings. The lowest BCUT2D eigenvalue weighted by atomic mass is 9.90. The van der Waals surface area contributed by atoms with Crippen LogP contribution in [0.25, 0.3) is 0 Å². The Balaban J connectivity index is 1.49. The van der Waals surface area contributed by atoms with Gasteiger partial charge in [-0.1, -0.05) is 0 Å². The highest BCUT2D eigenvalue weighted by Gasteiger charge is 2.42. The number of piperidine rings is 1. The molecule has 1 atom stereocenters. The lowest BCUT2D eigenvalue weighted by Gasteiger charge is -2.48. The number of rotatable bonds is 3. The molecule has 0 aliphatic carbocycles. The average Bonchev–Trinajstić information content (AvgIpc) is 3.22. The molecule has 2 aliphatic heterocycles. The van der Waals surface area contributed by atoms with E-state index in [1.54, 1.807) is 19.4 Å². The third-order valence-corrected chi connectivity index (χ3v) is 5.24. The summed E-state index contributed by atoms with van der Waals surface area (Å²) in [4.78, 5) is 16.9. The fourth-order valence-electron chi connectivity index (χ4n) is 3.92. The number of hydrogen-bond acceptors (Lipinski definition) is 5. The molecule has 2 aromatic rings. The van der Waals surface area contributed by atoms with Gasteiger partial charge in [0.2, 0.25) is 0 Å². The van der Waals surface area contributed by atoms with Crippen LogP contribution < -0.4 is 9.64 Å². The molecule has 138 valence electrons. The fourth-order valence-corrected chi connectivity index (χ4v) is 3.92. The van der Waals surface area contributed by atoms with Crippen LogP contribution in [-0.2, 0) is 4.74 Å². The van der Waals surface area contributed by atoms with Crippen molar-refractivity contribution in [1.82, 2.24) is 15.1 Å². The zero-order valence-electron chi connectivity index (χ0n) is 15.0. The number of ether oxygens (including phenoxy) is 2. The normalized spacial score (nSPS) is 23.3. The predicted molar refractivity (Wildman–Crippen MR) is 97.6 cm³/mol. The van der Waals surface area contributed by atoms with E-state index < -0.39 is 0 Å². The van der Waals surface area contributed by atoms with Crippen molar-refractivity contribution in [2.45, 2.75) is 18.4 Å². The van der Waals surface area contributed by atoms with Crippen molar-refractivity contribution in [2.24, 2.45) is 0 Å². The lowest BCUT2D eigenvalue weighted by Crippen LogP contribution is -2.60. The highest BCUT2D eigenvalue weighted by molar-refractivity contribution is 5.92. The number of hydrogen-bond donors (Lipinski definition) is 1. The highest BCUT2D eigenvalue weighted by Crippen LogP contribution is 2.32. The van der Waals surface area contributed by atoms with Gasteiger partial charge in [0.05, 0.1) is 20.3 Å². The summed E-state index contributed by atoms with van der Waals surface area (Å²) >= 11 is 0. The largest absolute Gasteiger partial charge is 0.497 e. The number of anilines is 1. The molecule has 1 amide bonds. The quantitative estimate of drug-likeness (QED) is 0.910. The fraction of sp³-hybridized carbons (Fsp3) is 0.474. The van der Waals surface area contributed by atoms with Gasteiger partial charge in [-0.05, 0) is 43.2 Å². The van der Waals surface area contributed by atoms with Crippen LogP contribution in [0, 0.1) is 0 Å². The number of amides is 1. The van der Waals surface area contributed by atoms with Crippen molar-refractivity contribution >= 4 is 11.6 Å². The minimum absolute atomic E-state index is 0.00764. The molecule has 0 bridgehead atoms. The van der Waals surface area contributed by atoms with E-state index in [0.717, 1.165) is 37.4 Å². The van der Waals surface area contributed by atoms with Crippen molar-refractivity contribution in [3.63, 3.8) is 0 Å². The number of aromatic amines is 1. The molecule has 1 spiro atoms. The van der Waals surface area contributed by atoms with Gasteiger partial charge >= 0.3 is 0 Å². The molecule has 7 nitrogen and oxygen atoms in total. The molecule has 0 radical (unpaired) electrons. The Morgan fingerprint density at radius 3 is 2.81 bits per heavy atom. The molecule has 0 saturated carbocycles. The highest BCUT2D eigenvalue weighted by atomic mass is 16.5. The Morgan fingerprint density at radius 1 is 1.23 bits per heavy atom. The van der Waals surface area contributed by atoms with E-state index in [2.05, 4.69) is 27.2 Å². The third kappa shape index (κ3) is 3.26. The van der Waals surface area contributed by atoms with E-state index in [4.69, 9.17) is 9.47 Å². The van der Waals surface area contributed by atoms with E-state index in [0.29, 0.717) is 25.4 Å². The van der Waals surface area contributed by atoms with E-state index >= 15 is 0 Å². The number of nitrogens with one attached hydrogen (secondary N) is 1. The summed E-state index contributed by atoms with van der Waals surface area (Å²) in [5.41, 5.74) is 1.38. The monoisotopic (exact) mass is 356 g/mol. The standard InChI is InChI=1S/C19H24N4O3/c1-25-16-5-3-15(4-6-16)22-10-2-8-19(13-22)14-23(11-12-26-19)18(24)17-7-9-20-21-17/h3-7,9H,2,8,10-14H2,1H3,(H,20,21)/t19-/m0/s1. The number of aromatic nitrogens is 2. The molecule has 26 heavy (non-hydrogen) atoms. The van der Waals surface area contributed by atoms with Gasteiger partial charge in [-0.3, -0.25) is 9.89 Å². The van der Waals surface area contributed by atoms with E-state index in [1.165, 1.54) is 0 Å². The van der Waals surface area contributed by atoms with Crippen LogP contribution in [0.5, 0.6) is 5.75 Å². The first-order valence-corrected chi connectivity index (χ1v) is 9.01. The third-order valence-electron chi connectivity index (χ3n) is 5.24. The molecule has 1 N–H and O–H groups in total. The number of carbonyl (C=O) groups is 1.